The highest BCUT2D eigenvalue weighted by molar-refractivity contribution is 7.54. The van der Waals surface area contributed by atoms with E-state index in [4.69, 9.17) is 9.63 Å². The second-order valence-electron chi connectivity index (χ2n) is 5.81. The number of hydrogen-bond donors (Lipinski definition) is 2. The van der Waals surface area contributed by atoms with Crippen LogP contribution in [0.1, 0.15) is 84.5 Å². The van der Waals surface area contributed by atoms with E-state index in [9.17, 15) is 14.3 Å². The van der Waals surface area contributed by atoms with Crippen LogP contribution in [-0.2, 0) is 13.9 Å². The number of carboxylic acids is 1. The molecular formula is C16H33O5P. The molecule has 0 bridgehead atoms. The summed E-state index contributed by atoms with van der Waals surface area (Å²) in [5.41, 5.74) is -1.29. The number of carbonyl (C=O) groups is 1. The maximum absolute atomic E-state index is 11.8. The SMILES string of the molecule is CCCCCCCCCCCCC(C(=O)O)P(=O)(O)OCC. The average Bonchev–Trinajstić information content (AvgIpc) is 2.44. The summed E-state index contributed by atoms with van der Waals surface area (Å²) >= 11 is 0. The highest BCUT2D eigenvalue weighted by Gasteiger charge is 2.37. The van der Waals surface area contributed by atoms with Crippen LogP contribution in [0.25, 0.3) is 0 Å². The molecule has 22 heavy (non-hydrogen) atoms. The fraction of sp³-hybridized carbons (Fsp3) is 0.938. The van der Waals surface area contributed by atoms with Gasteiger partial charge in [-0.2, -0.15) is 0 Å². The summed E-state index contributed by atoms with van der Waals surface area (Å²) in [7, 11) is -4.04. The highest BCUT2D eigenvalue weighted by atomic mass is 31.2. The van der Waals surface area contributed by atoms with Gasteiger partial charge in [-0.3, -0.25) is 9.36 Å². The molecule has 0 heterocycles. The molecule has 0 saturated heterocycles. The number of rotatable bonds is 15. The first-order valence-corrected chi connectivity index (χ1v) is 10.3. The zero-order valence-electron chi connectivity index (χ0n) is 14.1. The van der Waals surface area contributed by atoms with E-state index in [-0.39, 0.29) is 13.0 Å². The molecule has 2 unspecified atom stereocenters. The van der Waals surface area contributed by atoms with Crippen LogP contribution in [0.4, 0.5) is 0 Å². The largest absolute Gasteiger partial charge is 0.481 e. The molecule has 5 nitrogen and oxygen atoms in total. The van der Waals surface area contributed by atoms with Gasteiger partial charge in [0, 0.05) is 0 Å². The predicted octanol–water partition coefficient (Wildman–Crippen LogP) is 4.97. The zero-order chi connectivity index (χ0) is 16.8. The molecule has 0 fully saturated rings. The lowest BCUT2D eigenvalue weighted by atomic mass is 10.1. The molecule has 0 aliphatic carbocycles. The van der Waals surface area contributed by atoms with E-state index in [0.717, 1.165) is 19.3 Å². The zero-order valence-corrected chi connectivity index (χ0v) is 15.0. The van der Waals surface area contributed by atoms with Crippen molar-refractivity contribution in [1.29, 1.82) is 0 Å². The lowest BCUT2D eigenvalue weighted by Gasteiger charge is -2.18. The normalized spacial score (nSPS) is 15.4. The first kappa shape index (κ1) is 21.6. The molecule has 0 aromatic rings. The Balaban J connectivity index is 3.74. The molecule has 132 valence electrons. The summed E-state index contributed by atoms with van der Waals surface area (Å²) in [5.74, 6) is -1.24. The smallest absolute Gasteiger partial charge is 0.342 e. The van der Waals surface area contributed by atoms with Crippen molar-refractivity contribution in [2.45, 2.75) is 90.1 Å². The minimum Gasteiger partial charge on any atom is -0.481 e. The van der Waals surface area contributed by atoms with Crippen LogP contribution >= 0.6 is 7.60 Å². The highest BCUT2D eigenvalue weighted by Crippen LogP contribution is 2.49. The molecule has 0 aliphatic rings. The van der Waals surface area contributed by atoms with E-state index in [0.29, 0.717) is 6.42 Å². The number of aliphatic carboxylic acids is 1. The maximum Gasteiger partial charge on any atom is 0.342 e. The van der Waals surface area contributed by atoms with Gasteiger partial charge in [0.05, 0.1) is 6.61 Å². The third-order valence-corrected chi connectivity index (χ3v) is 5.72. The molecule has 0 rings (SSSR count). The van der Waals surface area contributed by atoms with Crippen LogP contribution in [0.15, 0.2) is 0 Å². The predicted molar refractivity (Wildman–Crippen MR) is 89.3 cm³/mol. The Labute approximate surface area is 135 Å². The van der Waals surface area contributed by atoms with Crippen molar-refractivity contribution < 1.29 is 23.9 Å². The van der Waals surface area contributed by atoms with Gasteiger partial charge < -0.3 is 14.5 Å². The third kappa shape index (κ3) is 10.4. The number of hydrogen-bond acceptors (Lipinski definition) is 3. The summed E-state index contributed by atoms with van der Waals surface area (Å²) in [6.45, 7) is 3.85. The molecule has 0 spiro atoms. The second kappa shape index (κ2) is 13.1. The summed E-state index contributed by atoms with van der Waals surface area (Å²) in [5, 5.41) is 9.07. The van der Waals surface area contributed by atoms with Gasteiger partial charge in [-0.25, -0.2) is 0 Å². The van der Waals surface area contributed by atoms with Crippen molar-refractivity contribution in [1.82, 2.24) is 0 Å². The van der Waals surface area contributed by atoms with E-state index in [2.05, 4.69) is 6.92 Å². The minimum atomic E-state index is -4.04. The topological polar surface area (TPSA) is 83.8 Å². The molecule has 0 aromatic heterocycles. The van der Waals surface area contributed by atoms with Crippen molar-refractivity contribution >= 4 is 13.6 Å². The first-order valence-electron chi connectivity index (χ1n) is 8.65. The summed E-state index contributed by atoms with van der Waals surface area (Å²) in [4.78, 5) is 20.7. The van der Waals surface area contributed by atoms with Gasteiger partial charge in [-0.15, -0.1) is 0 Å². The minimum absolute atomic E-state index is 0.0512. The van der Waals surface area contributed by atoms with Crippen molar-refractivity contribution in [3.8, 4) is 0 Å². The van der Waals surface area contributed by atoms with Gasteiger partial charge in [0.25, 0.3) is 0 Å². The van der Waals surface area contributed by atoms with Crippen LogP contribution in [0.5, 0.6) is 0 Å². The van der Waals surface area contributed by atoms with Crippen molar-refractivity contribution in [3.63, 3.8) is 0 Å². The summed E-state index contributed by atoms with van der Waals surface area (Å²) < 4.78 is 16.5. The van der Waals surface area contributed by atoms with Crippen LogP contribution in [0.3, 0.4) is 0 Å². The van der Waals surface area contributed by atoms with Crippen molar-refractivity contribution in [3.05, 3.63) is 0 Å². The quantitative estimate of drug-likeness (QED) is 0.326. The lowest BCUT2D eigenvalue weighted by molar-refractivity contribution is -0.137. The van der Waals surface area contributed by atoms with E-state index < -0.39 is 19.2 Å². The van der Waals surface area contributed by atoms with Gasteiger partial charge in [0.15, 0.2) is 5.66 Å². The van der Waals surface area contributed by atoms with E-state index in [1.54, 1.807) is 6.92 Å². The molecule has 0 saturated carbocycles. The number of carboxylic acid groups (broad SMARTS) is 1. The Kier molecular flexibility index (Phi) is 12.9. The van der Waals surface area contributed by atoms with Crippen LogP contribution in [-0.4, -0.2) is 28.2 Å². The average molecular weight is 336 g/mol. The van der Waals surface area contributed by atoms with Crippen LogP contribution in [0, 0.1) is 0 Å². The van der Waals surface area contributed by atoms with Gasteiger partial charge in [-0.1, -0.05) is 71.1 Å². The van der Waals surface area contributed by atoms with Gasteiger partial charge in [-0.05, 0) is 13.3 Å². The van der Waals surface area contributed by atoms with E-state index in [1.165, 1.54) is 38.5 Å². The summed E-state index contributed by atoms with van der Waals surface area (Å²) in [6, 6.07) is 0. The second-order valence-corrected chi connectivity index (χ2v) is 7.82. The standard InChI is InChI=1S/C16H33O5P/c1-3-5-6-7-8-9-10-11-12-13-14-15(16(17)18)22(19,20)21-4-2/h15H,3-14H2,1-2H3,(H,17,18)(H,19,20). The van der Waals surface area contributed by atoms with E-state index >= 15 is 0 Å². The first-order chi connectivity index (χ1) is 10.5. The molecule has 0 aliphatic heterocycles. The molecule has 0 radical (unpaired) electrons. The Morgan fingerprint density at radius 3 is 1.82 bits per heavy atom. The van der Waals surface area contributed by atoms with Gasteiger partial charge in [0.1, 0.15) is 0 Å². The molecule has 2 atom stereocenters. The Morgan fingerprint density at radius 1 is 0.955 bits per heavy atom. The Hall–Kier alpha value is -0.380. The molecule has 2 N–H and O–H groups in total. The third-order valence-electron chi connectivity index (χ3n) is 3.82. The van der Waals surface area contributed by atoms with Crippen LogP contribution < -0.4 is 0 Å². The lowest BCUT2D eigenvalue weighted by Crippen LogP contribution is -2.21. The number of unbranched alkanes of at least 4 members (excludes halogenated alkanes) is 9. The fourth-order valence-corrected chi connectivity index (χ4v) is 3.86. The monoisotopic (exact) mass is 336 g/mol. The van der Waals surface area contributed by atoms with Gasteiger partial charge in [0.2, 0.25) is 0 Å². The Bertz CT molecular complexity index is 332. The fourth-order valence-electron chi connectivity index (χ4n) is 2.53. The summed E-state index contributed by atoms with van der Waals surface area (Å²) in [6.07, 6.45) is 11.7. The molecule has 0 amide bonds. The molecule has 0 aromatic carbocycles. The van der Waals surface area contributed by atoms with Crippen molar-refractivity contribution in [2.24, 2.45) is 0 Å². The van der Waals surface area contributed by atoms with E-state index in [1.807, 2.05) is 0 Å². The maximum atomic E-state index is 11.8. The van der Waals surface area contributed by atoms with Gasteiger partial charge >= 0.3 is 13.6 Å². The van der Waals surface area contributed by atoms with Crippen LogP contribution in [0.2, 0.25) is 0 Å². The molecular weight excluding hydrogens is 303 g/mol. The molecule has 6 heteroatoms. The van der Waals surface area contributed by atoms with Crippen molar-refractivity contribution in [2.75, 3.05) is 6.61 Å². The Morgan fingerprint density at radius 2 is 1.41 bits per heavy atom.